The molecule has 0 saturated heterocycles. The zero-order chi connectivity index (χ0) is 62.3. The topological polar surface area (TPSA) is 302 Å². The van der Waals surface area contributed by atoms with Crippen molar-refractivity contribution in [3.63, 3.8) is 0 Å². The van der Waals surface area contributed by atoms with Gasteiger partial charge < -0.3 is 11.5 Å². The Morgan fingerprint density at radius 1 is 0.423 bits per heavy atom. The molecule has 0 unspecified atom stereocenters. The van der Waals surface area contributed by atoms with Gasteiger partial charge >= 0.3 is 0 Å². The van der Waals surface area contributed by atoms with E-state index in [0.717, 1.165) is 81.1 Å². The summed E-state index contributed by atoms with van der Waals surface area (Å²) in [6.07, 6.45) is 14.2. The van der Waals surface area contributed by atoms with E-state index in [1.807, 2.05) is 141 Å². The molecule has 6 aromatic rings. The molecule has 440 valence electrons. The number of hydrogen-bond donors (Lipinski definition) is 2. The Labute approximate surface area is 469 Å². The van der Waals surface area contributed by atoms with Gasteiger partial charge in [0, 0.05) is 96.5 Å². The Morgan fingerprint density at radius 3 is 0.756 bits per heavy atom. The highest BCUT2D eigenvalue weighted by atomic mass is 16.6. The molecule has 6 rings (SSSR count). The molecule has 0 aliphatic carbocycles. The highest BCUT2D eigenvalue weighted by Gasteiger charge is 2.13. The van der Waals surface area contributed by atoms with Crippen LogP contribution in [0.5, 0.6) is 0 Å². The molecule has 20 nitrogen and oxygen atoms in total. The second-order valence-electron chi connectivity index (χ2n) is 17.3. The number of aromatic nitrogens is 6. The standard InChI is InChI=1S/C9H13N.2C8H11N.2C7H9N.C6H7N.C4H10.C3H8.4CH3NO2.2CH5N/c1-9(2,3)8-6-4-5-7-10-8;2*1-7(2)8-5-3-4-6-9-8;2*1-2-7-5-3-4-6-8-7;1-6-4-2-3-5-7-6;1-4(2)3;1-3-2;4*1-2(3)4;2*1-2/h4-7H,1-3H3;2*3-7H,1-2H3;2*3-6H,2H2,1H3;2-5H,1H3;4H,1-3H3;3H2,1-2H3;4*1H3;2*2H2,1H3. The van der Waals surface area contributed by atoms with E-state index < -0.39 is 19.7 Å². The highest BCUT2D eigenvalue weighted by Crippen LogP contribution is 2.18. The SMILES string of the molecule is CC(C)(C)c1ccccn1.CC(C)C.CC(C)c1ccccn1.CC(C)c1ccccn1.CCC.CCc1ccccn1.CCc1ccccn1.CN.CN.C[N+](=O)[O-].C[N+](=O)[O-].C[N+](=O)[O-].C[N+](=O)[O-].Cc1ccccn1. The third-order valence-corrected chi connectivity index (χ3v) is 6.98. The smallest absolute Gasteiger partial charge is 0.194 e. The van der Waals surface area contributed by atoms with E-state index in [0.29, 0.717) is 11.8 Å². The van der Waals surface area contributed by atoms with Crippen LogP contribution >= 0.6 is 0 Å². The highest BCUT2D eigenvalue weighted by molar-refractivity contribution is 5.12. The third kappa shape index (κ3) is 91.1. The van der Waals surface area contributed by atoms with Gasteiger partial charge in [0.05, 0.1) is 0 Å². The number of nitro groups is 4. The molecule has 4 N–H and O–H groups in total. The van der Waals surface area contributed by atoms with E-state index in [4.69, 9.17) is 40.5 Å². The summed E-state index contributed by atoms with van der Waals surface area (Å²) in [6.45, 7) is 32.0. The van der Waals surface area contributed by atoms with Gasteiger partial charge in [-0.05, 0) is 124 Å². The Kier molecular flexibility index (Phi) is 73.2. The molecule has 0 spiro atoms. The monoisotopic (exact) mass is 1090 g/mol. The van der Waals surface area contributed by atoms with E-state index in [9.17, 15) is 0 Å². The molecular weight excluding hydrogens is 993 g/mol. The predicted octanol–water partition coefficient (Wildman–Crippen LogP) is 13.3. The average Bonchev–Trinajstić information content (AvgIpc) is 3.39. The van der Waals surface area contributed by atoms with Gasteiger partial charge in [-0.3, -0.25) is 70.4 Å². The number of nitrogens with two attached hydrogens (primary N) is 2. The quantitative estimate of drug-likeness (QED) is 0.122. The second kappa shape index (κ2) is 65.5. The molecule has 20 heteroatoms. The van der Waals surface area contributed by atoms with Crippen LogP contribution in [0.3, 0.4) is 0 Å². The summed E-state index contributed by atoms with van der Waals surface area (Å²) in [5.41, 5.74) is 16.0. The van der Waals surface area contributed by atoms with Crippen LogP contribution in [-0.4, -0.2) is 91.9 Å². The normalized spacial score (nSPS) is 8.59. The maximum Gasteiger partial charge on any atom is 0.194 e. The summed E-state index contributed by atoms with van der Waals surface area (Å²) < 4.78 is 0. The van der Waals surface area contributed by atoms with Crippen LogP contribution in [-0.2, 0) is 18.3 Å². The molecule has 0 aliphatic heterocycles. The number of pyridine rings is 6. The molecule has 0 aliphatic rings. The Morgan fingerprint density at radius 2 is 0.654 bits per heavy atom. The van der Waals surface area contributed by atoms with Crippen LogP contribution < -0.4 is 11.5 Å². The van der Waals surface area contributed by atoms with Gasteiger partial charge in [-0.2, -0.15) is 0 Å². The van der Waals surface area contributed by atoms with Crippen LogP contribution in [0.4, 0.5) is 0 Å². The van der Waals surface area contributed by atoms with Gasteiger partial charge in [-0.25, -0.2) is 0 Å². The number of aryl methyl sites for hydroxylation is 3. The molecule has 0 aromatic carbocycles. The second-order valence-corrected chi connectivity index (χ2v) is 17.3. The summed E-state index contributed by atoms with van der Waals surface area (Å²) in [5.74, 6) is 1.93. The van der Waals surface area contributed by atoms with Gasteiger partial charge in [0.2, 0.25) is 0 Å². The molecule has 0 fully saturated rings. The lowest BCUT2D eigenvalue weighted by molar-refractivity contribution is -0.445. The molecule has 6 heterocycles. The van der Waals surface area contributed by atoms with Crippen molar-refractivity contribution in [3.8, 4) is 0 Å². The van der Waals surface area contributed by atoms with Crippen LogP contribution in [0.1, 0.15) is 149 Å². The molecule has 0 amide bonds. The van der Waals surface area contributed by atoms with Crippen LogP contribution in [0.25, 0.3) is 0 Å². The summed E-state index contributed by atoms with van der Waals surface area (Å²) in [4.78, 5) is 58.0. The molecule has 6 aromatic heterocycles. The maximum absolute atomic E-state index is 8.81. The fraction of sp³-hybridized carbons (Fsp3) is 0.483. The molecular formula is C58H100N12O8. The average molecular weight is 1090 g/mol. The lowest BCUT2D eigenvalue weighted by Gasteiger charge is -2.16. The number of rotatable bonds is 4. The molecule has 0 bridgehead atoms. The zero-order valence-electron chi connectivity index (χ0n) is 51.1. The first-order valence-electron chi connectivity index (χ1n) is 25.4. The zero-order valence-corrected chi connectivity index (χ0v) is 51.1. The molecule has 0 atom stereocenters. The lowest BCUT2D eigenvalue weighted by Crippen LogP contribution is -2.12. The van der Waals surface area contributed by atoms with Gasteiger partial charge in [0.25, 0.3) is 0 Å². The first-order valence-corrected chi connectivity index (χ1v) is 25.4. The Balaban J connectivity index is -0.000000116. The van der Waals surface area contributed by atoms with Gasteiger partial charge in [-0.1, -0.05) is 140 Å². The molecule has 0 radical (unpaired) electrons. The minimum atomic E-state index is -0.500. The lowest BCUT2D eigenvalue weighted by atomic mass is 9.92. The fourth-order valence-corrected chi connectivity index (χ4v) is 3.90. The van der Waals surface area contributed by atoms with E-state index in [1.54, 1.807) is 6.20 Å². The minimum Gasteiger partial charge on any atom is -0.333 e. The Hall–Kier alpha value is -7.58. The predicted molar refractivity (Wildman–Crippen MR) is 324 cm³/mol. The first-order chi connectivity index (χ1) is 36.5. The third-order valence-electron chi connectivity index (χ3n) is 6.98. The number of nitrogens with zero attached hydrogens (tertiary/aromatic N) is 10. The van der Waals surface area contributed by atoms with Crippen molar-refractivity contribution < 1.29 is 19.7 Å². The number of hydrogen-bond acceptors (Lipinski definition) is 16. The summed E-state index contributed by atoms with van der Waals surface area (Å²) in [7, 11) is 6.56. The van der Waals surface area contributed by atoms with E-state index >= 15 is 0 Å². The van der Waals surface area contributed by atoms with Gasteiger partial charge in [0.15, 0.2) is 28.2 Å². The van der Waals surface area contributed by atoms with Crippen molar-refractivity contribution in [1.82, 2.24) is 29.9 Å². The van der Waals surface area contributed by atoms with Crippen molar-refractivity contribution >= 4 is 0 Å². The minimum absolute atomic E-state index is 0.182. The largest absolute Gasteiger partial charge is 0.333 e. The van der Waals surface area contributed by atoms with Crippen LogP contribution in [0.2, 0.25) is 0 Å². The molecule has 0 saturated carbocycles. The van der Waals surface area contributed by atoms with Gasteiger partial charge in [0.1, 0.15) is 0 Å². The van der Waals surface area contributed by atoms with Crippen LogP contribution in [0, 0.1) is 53.3 Å². The van der Waals surface area contributed by atoms with E-state index in [-0.39, 0.29) is 5.41 Å². The van der Waals surface area contributed by atoms with Crippen molar-refractivity contribution in [2.24, 2.45) is 17.4 Å². The van der Waals surface area contributed by atoms with E-state index in [1.165, 1.54) is 20.5 Å². The Bertz CT molecular complexity index is 1980. The first kappa shape index (κ1) is 87.1. The van der Waals surface area contributed by atoms with Crippen molar-refractivity contribution in [2.45, 2.75) is 140 Å². The van der Waals surface area contributed by atoms with E-state index in [2.05, 4.69) is 144 Å². The van der Waals surface area contributed by atoms with Crippen molar-refractivity contribution in [3.05, 3.63) is 221 Å². The maximum atomic E-state index is 8.81. The summed E-state index contributed by atoms with van der Waals surface area (Å²) >= 11 is 0. The van der Waals surface area contributed by atoms with Crippen molar-refractivity contribution in [1.29, 1.82) is 0 Å². The summed E-state index contributed by atoms with van der Waals surface area (Å²) in [5, 5.41) is 35.2. The van der Waals surface area contributed by atoms with Crippen molar-refractivity contribution in [2.75, 3.05) is 42.3 Å². The summed E-state index contributed by atoms with van der Waals surface area (Å²) in [6, 6.07) is 35.8. The fourth-order valence-electron chi connectivity index (χ4n) is 3.90. The van der Waals surface area contributed by atoms with Crippen LogP contribution in [0.15, 0.2) is 146 Å². The van der Waals surface area contributed by atoms with Gasteiger partial charge in [-0.15, -0.1) is 0 Å². The molecule has 78 heavy (non-hydrogen) atoms.